The lowest BCUT2D eigenvalue weighted by Gasteiger charge is -2.46. The van der Waals surface area contributed by atoms with E-state index in [9.17, 15) is 0 Å². The van der Waals surface area contributed by atoms with E-state index in [0.717, 1.165) is 23.8 Å². The van der Waals surface area contributed by atoms with Gasteiger partial charge in [-0.05, 0) is 68.9 Å². The Labute approximate surface area is 125 Å². The molecule has 1 heterocycles. The van der Waals surface area contributed by atoms with Crippen molar-refractivity contribution in [1.82, 2.24) is 4.90 Å². The van der Waals surface area contributed by atoms with Gasteiger partial charge in [0, 0.05) is 12.6 Å². The van der Waals surface area contributed by atoms with E-state index >= 15 is 0 Å². The van der Waals surface area contributed by atoms with E-state index in [1.54, 1.807) is 0 Å². The van der Waals surface area contributed by atoms with Crippen molar-refractivity contribution in [1.29, 1.82) is 0 Å². The quantitative estimate of drug-likeness (QED) is 0.851. The molecule has 3 rings (SSSR count). The van der Waals surface area contributed by atoms with Gasteiger partial charge in [-0.15, -0.1) is 0 Å². The van der Waals surface area contributed by atoms with Crippen LogP contribution in [0.15, 0.2) is 0 Å². The molecule has 2 N–H and O–H groups in total. The Morgan fingerprint density at radius 1 is 1.00 bits per heavy atom. The SMILES string of the molecule is CC1CCC(C(CN)N2CCC3(CCCC3)CC2)CC1. The van der Waals surface area contributed by atoms with Gasteiger partial charge in [0.15, 0.2) is 0 Å². The third-order valence-electron chi connectivity index (χ3n) is 6.84. The van der Waals surface area contributed by atoms with Crippen molar-refractivity contribution in [3.63, 3.8) is 0 Å². The standard InChI is InChI=1S/C18H34N2/c1-15-4-6-16(7-5-15)17(14-19)20-12-10-18(11-13-20)8-2-3-9-18/h15-17H,2-14,19H2,1H3. The number of hydrogen-bond donors (Lipinski definition) is 1. The molecule has 1 aliphatic heterocycles. The number of piperidine rings is 1. The Hall–Kier alpha value is -0.0800. The maximum absolute atomic E-state index is 6.17. The van der Waals surface area contributed by atoms with Crippen LogP contribution in [0.1, 0.15) is 71.1 Å². The minimum atomic E-state index is 0.682. The molecule has 0 aromatic rings. The summed E-state index contributed by atoms with van der Waals surface area (Å²) in [5, 5.41) is 0. The summed E-state index contributed by atoms with van der Waals surface area (Å²) >= 11 is 0. The van der Waals surface area contributed by atoms with Gasteiger partial charge < -0.3 is 5.73 Å². The number of likely N-dealkylation sites (tertiary alicyclic amines) is 1. The molecule has 1 saturated heterocycles. The summed E-state index contributed by atoms with van der Waals surface area (Å²) in [6, 6.07) is 0.682. The van der Waals surface area contributed by atoms with Crippen molar-refractivity contribution in [2.45, 2.75) is 77.2 Å². The summed E-state index contributed by atoms with van der Waals surface area (Å²) in [6.45, 7) is 5.95. The molecule has 0 aromatic heterocycles. The molecule has 2 nitrogen and oxygen atoms in total. The van der Waals surface area contributed by atoms with E-state index < -0.39 is 0 Å². The topological polar surface area (TPSA) is 29.3 Å². The van der Waals surface area contributed by atoms with E-state index in [2.05, 4.69) is 11.8 Å². The first-order valence-corrected chi connectivity index (χ1v) is 9.17. The summed E-state index contributed by atoms with van der Waals surface area (Å²) in [6.07, 6.45) is 14.6. The van der Waals surface area contributed by atoms with Crippen LogP contribution < -0.4 is 5.73 Å². The van der Waals surface area contributed by atoms with Gasteiger partial charge in [-0.2, -0.15) is 0 Å². The molecular weight excluding hydrogens is 244 g/mol. The fourth-order valence-electron chi connectivity index (χ4n) is 5.27. The highest BCUT2D eigenvalue weighted by Crippen LogP contribution is 2.47. The van der Waals surface area contributed by atoms with Gasteiger partial charge in [0.2, 0.25) is 0 Å². The van der Waals surface area contributed by atoms with Gasteiger partial charge in [-0.25, -0.2) is 0 Å². The molecule has 0 aromatic carbocycles. The Bertz CT molecular complexity index is 291. The predicted octanol–water partition coefficient (Wildman–Crippen LogP) is 3.80. The normalized spacial score (nSPS) is 36.3. The van der Waals surface area contributed by atoms with Crippen LogP contribution in [0.2, 0.25) is 0 Å². The highest BCUT2D eigenvalue weighted by atomic mass is 15.2. The second-order valence-corrected chi connectivity index (χ2v) is 8.07. The lowest BCUT2D eigenvalue weighted by molar-refractivity contribution is 0.0434. The lowest BCUT2D eigenvalue weighted by atomic mass is 9.74. The zero-order chi connectivity index (χ0) is 14.0. The van der Waals surface area contributed by atoms with Gasteiger partial charge in [-0.1, -0.05) is 32.6 Å². The Balaban J connectivity index is 1.55. The zero-order valence-corrected chi connectivity index (χ0v) is 13.4. The van der Waals surface area contributed by atoms with Crippen molar-refractivity contribution in [3.05, 3.63) is 0 Å². The molecule has 1 atom stereocenters. The molecule has 0 amide bonds. The largest absolute Gasteiger partial charge is 0.329 e. The molecule has 2 saturated carbocycles. The van der Waals surface area contributed by atoms with Crippen molar-refractivity contribution in [3.8, 4) is 0 Å². The molecule has 1 unspecified atom stereocenters. The number of rotatable bonds is 3. The van der Waals surface area contributed by atoms with Crippen molar-refractivity contribution < 1.29 is 0 Å². The fraction of sp³-hybridized carbons (Fsp3) is 1.00. The molecular formula is C18H34N2. The van der Waals surface area contributed by atoms with Gasteiger partial charge in [0.1, 0.15) is 0 Å². The number of hydrogen-bond acceptors (Lipinski definition) is 2. The summed E-state index contributed by atoms with van der Waals surface area (Å²) in [7, 11) is 0. The minimum absolute atomic E-state index is 0.682. The Morgan fingerprint density at radius 2 is 1.60 bits per heavy atom. The van der Waals surface area contributed by atoms with Crippen molar-refractivity contribution in [2.24, 2.45) is 23.0 Å². The molecule has 0 bridgehead atoms. The van der Waals surface area contributed by atoms with Crippen molar-refractivity contribution in [2.75, 3.05) is 19.6 Å². The van der Waals surface area contributed by atoms with E-state index in [4.69, 9.17) is 5.73 Å². The minimum Gasteiger partial charge on any atom is -0.329 e. The average Bonchev–Trinajstić information content (AvgIpc) is 2.92. The van der Waals surface area contributed by atoms with Crippen LogP contribution in [0.4, 0.5) is 0 Å². The highest BCUT2D eigenvalue weighted by molar-refractivity contribution is 4.93. The summed E-state index contributed by atoms with van der Waals surface area (Å²) in [5.41, 5.74) is 6.92. The lowest BCUT2D eigenvalue weighted by Crippen LogP contribution is -2.51. The second kappa shape index (κ2) is 6.36. The van der Waals surface area contributed by atoms with Crippen LogP contribution >= 0.6 is 0 Å². The molecule has 1 spiro atoms. The third-order valence-corrected chi connectivity index (χ3v) is 6.84. The molecule has 3 fully saturated rings. The molecule has 2 heteroatoms. The molecule has 0 radical (unpaired) electrons. The van der Waals surface area contributed by atoms with Crippen LogP contribution in [-0.4, -0.2) is 30.6 Å². The van der Waals surface area contributed by atoms with Gasteiger partial charge in [-0.3, -0.25) is 4.90 Å². The maximum Gasteiger partial charge on any atom is 0.0246 e. The second-order valence-electron chi connectivity index (χ2n) is 8.07. The number of nitrogens with zero attached hydrogens (tertiary/aromatic N) is 1. The van der Waals surface area contributed by atoms with E-state index in [0.29, 0.717) is 6.04 Å². The highest BCUT2D eigenvalue weighted by Gasteiger charge is 2.39. The van der Waals surface area contributed by atoms with Gasteiger partial charge in [0.05, 0.1) is 0 Å². The van der Waals surface area contributed by atoms with Gasteiger partial charge >= 0.3 is 0 Å². The smallest absolute Gasteiger partial charge is 0.0246 e. The van der Waals surface area contributed by atoms with Crippen molar-refractivity contribution >= 4 is 0 Å². The van der Waals surface area contributed by atoms with Crippen LogP contribution in [0.25, 0.3) is 0 Å². The first-order valence-electron chi connectivity index (χ1n) is 9.17. The average molecular weight is 278 g/mol. The van der Waals surface area contributed by atoms with E-state index in [-0.39, 0.29) is 0 Å². The Morgan fingerprint density at radius 3 is 2.15 bits per heavy atom. The summed E-state index contributed by atoms with van der Waals surface area (Å²) in [5.74, 6) is 1.83. The predicted molar refractivity (Wildman–Crippen MR) is 85.7 cm³/mol. The molecule has 2 aliphatic carbocycles. The van der Waals surface area contributed by atoms with Gasteiger partial charge in [0.25, 0.3) is 0 Å². The Kier molecular flexibility index (Phi) is 4.72. The molecule has 20 heavy (non-hydrogen) atoms. The zero-order valence-electron chi connectivity index (χ0n) is 13.4. The van der Waals surface area contributed by atoms with E-state index in [1.165, 1.54) is 77.3 Å². The number of nitrogens with two attached hydrogens (primary N) is 1. The fourth-order valence-corrected chi connectivity index (χ4v) is 5.27. The molecule has 3 aliphatic rings. The van der Waals surface area contributed by atoms with Crippen LogP contribution in [0.3, 0.4) is 0 Å². The first kappa shape index (κ1) is 14.8. The van der Waals surface area contributed by atoms with Crippen LogP contribution in [0, 0.1) is 17.3 Å². The molecule has 116 valence electrons. The first-order chi connectivity index (χ1) is 9.72. The maximum atomic E-state index is 6.17. The summed E-state index contributed by atoms with van der Waals surface area (Å²) in [4.78, 5) is 2.77. The monoisotopic (exact) mass is 278 g/mol. The van der Waals surface area contributed by atoms with Crippen LogP contribution in [0.5, 0.6) is 0 Å². The summed E-state index contributed by atoms with van der Waals surface area (Å²) < 4.78 is 0. The van der Waals surface area contributed by atoms with E-state index in [1.807, 2.05) is 0 Å². The van der Waals surface area contributed by atoms with Crippen LogP contribution in [-0.2, 0) is 0 Å². The third kappa shape index (κ3) is 3.06.